The first-order valence-corrected chi connectivity index (χ1v) is 11.1. The van der Waals surface area contributed by atoms with Crippen LogP contribution in [0, 0.1) is 12.8 Å². The summed E-state index contributed by atoms with van der Waals surface area (Å²) in [7, 11) is 1.82. The Hall–Kier alpha value is -2.64. The molecule has 0 aliphatic carbocycles. The van der Waals surface area contributed by atoms with Crippen LogP contribution in [0.5, 0.6) is 0 Å². The highest BCUT2D eigenvalue weighted by molar-refractivity contribution is 6.06. The molecule has 0 spiro atoms. The number of imidazole rings is 1. The number of aromatic nitrogens is 2. The lowest BCUT2D eigenvalue weighted by Crippen LogP contribution is -2.32. The molecule has 0 radical (unpaired) electrons. The number of anilines is 1. The molecule has 1 aliphatic heterocycles. The van der Waals surface area contributed by atoms with E-state index in [-0.39, 0.29) is 25.0 Å². The molecule has 2 heterocycles. The van der Waals surface area contributed by atoms with Crippen molar-refractivity contribution >= 4 is 33.5 Å². The van der Waals surface area contributed by atoms with Gasteiger partial charge in [-0.2, -0.15) is 0 Å². The number of unbranched alkanes of at least 4 members (excludes halogenated alkanes) is 1. The minimum absolute atomic E-state index is 0.0298. The Bertz CT molecular complexity index is 1090. The molecule has 3 atom stereocenters. The van der Waals surface area contributed by atoms with Crippen molar-refractivity contribution in [3.63, 3.8) is 0 Å². The van der Waals surface area contributed by atoms with E-state index in [1.54, 1.807) is 4.90 Å². The molecule has 1 aliphatic rings. The van der Waals surface area contributed by atoms with E-state index in [0.717, 1.165) is 59.1 Å². The predicted molar refractivity (Wildman–Crippen MR) is 123 cm³/mol. The number of rotatable bonds is 6. The number of carbonyl (C=O) groups excluding carboxylic acids is 1. The molecule has 1 saturated heterocycles. The van der Waals surface area contributed by atoms with Crippen LogP contribution in [-0.4, -0.2) is 51.9 Å². The zero-order valence-electron chi connectivity index (χ0n) is 18.8. The molecule has 2 amide bonds. The molecule has 0 bridgehead atoms. The summed E-state index contributed by atoms with van der Waals surface area (Å²) in [4.78, 5) is 19.1. The van der Waals surface area contributed by atoms with Gasteiger partial charge in [-0.3, -0.25) is 0 Å². The topological polar surface area (TPSA) is 79.6 Å². The van der Waals surface area contributed by atoms with Crippen molar-refractivity contribution in [3.05, 3.63) is 36.2 Å². The van der Waals surface area contributed by atoms with Crippen molar-refractivity contribution in [1.29, 1.82) is 0 Å². The normalized spacial score (nSPS) is 21.1. The highest BCUT2D eigenvalue weighted by Crippen LogP contribution is 2.37. The lowest BCUT2D eigenvalue weighted by atomic mass is 10.0. The Morgan fingerprint density at radius 1 is 1.35 bits per heavy atom. The van der Waals surface area contributed by atoms with Gasteiger partial charge in [0.2, 0.25) is 0 Å². The fourth-order valence-electron chi connectivity index (χ4n) is 4.40. The van der Waals surface area contributed by atoms with Gasteiger partial charge in [-0.1, -0.05) is 32.4 Å². The van der Waals surface area contributed by atoms with E-state index in [0.29, 0.717) is 5.92 Å². The van der Waals surface area contributed by atoms with Crippen LogP contribution in [0.4, 0.5) is 10.5 Å². The molecule has 31 heavy (non-hydrogen) atoms. The van der Waals surface area contributed by atoms with Crippen molar-refractivity contribution in [2.75, 3.05) is 25.5 Å². The third-order valence-corrected chi connectivity index (χ3v) is 6.31. The van der Waals surface area contributed by atoms with Crippen molar-refractivity contribution in [2.24, 2.45) is 5.92 Å². The number of ether oxygens (including phenoxy) is 1. The fourth-order valence-corrected chi connectivity index (χ4v) is 4.40. The van der Waals surface area contributed by atoms with E-state index in [1.165, 1.54) is 0 Å². The van der Waals surface area contributed by atoms with E-state index in [4.69, 9.17) is 9.72 Å². The zero-order chi connectivity index (χ0) is 22.1. The second-order valence-corrected chi connectivity index (χ2v) is 8.63. The van der Waals surface area contributed by atoms with Crippen LogP contribution in [0.3, 0.4) is 0 Å². The Morgan fingerprint density at radius 3 is 2.84 bits per heavy atom. The molecular weight excluding hydrogens is 392 g/mol. The maximum absolute atomic E-state index is 12.5. The number of benzene rings is 2. The van der Waals surface area contributed by atoms with Crippen molar-refractivity contribution < 1.29 is 14.6 Å². The smallest absolute Gasteiger partial charge is 0.321 e. The molecular formula is C24H32N4O3. The number of aliphatic hydroxyl groups excluding tert-OH is 1. The van der Waals surface area contributed by atoms with Crippen LogP contribution in [0.1, 0.15) is 45.2 Å². The van der Waals surface area contributed by atoms with Crippen LogP contribution in [-0.2, 0) is 4.74 Å². The van der Waals surface area contributed by atoms with Crippen LogP contribution < -0.4 is 5.32 Å². The Kier molecular flexibility index (Phi) is 6.16. The van der Waals surface area contributed by atoms with Gasteiger partial charge in [0.05, 0.1) is 23.7 Å². The standard InChI is InChI=1S/C24H32N4O3/c1-5-6-11-27(4)24(30)26-18-9-7-17-8-10-20-23(19(17)13-18)25-16(3)28(20)22-12-15(2)21(14-29)31-22/h7-10,13,15,21-22,29H,5-6,11-12,14H2,1-4H3,(H,26,30)/t15-,21+,22+/m0/s1. The van der Waals surface area contributed by atoms with Gasteiger partial charge in [0.1, 0.15) is 12.1 Å². The molecule has 0 saturated carbocycles. The Balaban J connectivity index is 1.67. The SMILES string of the molecule is CCCCN(C)C(=O)Nc1ccc2ccc3c(nc(C)n3[C@H]3C[C@H](C)[C@@H](CO)O3)c2c1. The molecule has 7 heteroatoms. The number of aliphatic hydroxyl groups is 1. The number of urea groups is 1. The second-order valence-electron chi connectivity index (χ2n) is 8.63. The molecule has 166 valence electrons. The zero-order valence-corrected chi connectivity index (χ0v) is 18.8. The number of hydrogen-bond acceptors (Lipinski definition) is 4. The highest BCUT2D eigenvalue weighted by atomic mass is 16.5. The number of hydrogen-bond donors (Lipinski definition) is 2. The first-order valence-electron chi connectivity index (χ1n) is 11.1. The average Bonchev–Trinajstić information content (AvgIpc) is 3.30. The average molecular weight is 425 g/mol. The molecule has 2 N–H and O–H groups in total. The maximum atomic E-state index is 12.5. The molecule has 7 nitrogen and oxygen atoms in total. The van der Waals surface area contributed by atoms with Crippen molar-refractivity contribution in [1.82, 2.24) is 14.5 Å². The summed E-state index contributed by atoms with van der Waals surface area (Å²) >= 11 is 0. The number of aryl methyl sites for hydroxylation is 1. The monoisotopic (exact) mass is 424 g/mol. The summed E-state index contributed by atoms with van der Waals surface area (Å²) in [6.45, 7) is 6.97. The van der Waals surface area contributed by atoms with Gasteiger partial charge < -0.3 is 24.6 Å². The first kappa shape index (κ1) is 21.6. The lowest BCUT2D eigenvalue weighted by Gasteiger charge is -2.18. The lowest BCUT2D eigenvalue weighted by molar-refractivity contribution is -0.0283. The van der Waals surface area contributed by atoms with Gasteiger partial charge in [0, 0.05) is 24.7 Å². The van der Waals surface area contributed by atoms with E-state index in [1.807, 2.05) is 32.2 Å². The van der Waals surface area contributed by atoms with E-state index < -0.39 is 0 Å². The number of nitrogens with one attached hydrogen (secondary N) is 1. The van der Waals surface area contributed by atoms with E-state index in [2.05, 4.69) is 35.9 Å². The summed E-state index contributed by atoms with van der Waals surface area (Å²) in [5.74, 6) is 1.17. The Morgan fingerprint density at radius 2 is 2.13 bits per heavy atom. The highest BCUT2D eigenvalue weighted by Gasteiger charge is 2.34. The van der Waals surface area contributed by atoms with Gasteiger partial charge in [0.25, 0.3) is 0 Å². The Labute approximate surface area is 183 Å². The minimum Gasteiger partial charge on any atom is -0.394 e. The second kappa shape index (κ2) is 8.85. The molecule has 1 aromatic heterocycles. The van der Waals surface area contributed by atoms with Gasteiger partial charge in [-0.25, -0.2) is 9.78 Å². The minimum atomic E-state index is -0.145. The number of carbonyl (C=O) groups is 1. The van der Waals surface area contributed by atoms with Crippen LogP contribution in [0.2, 0.25) is 0 Å². The molecule has 2 aromatic carbocycles. The molecule has 0 unspecified atom stereocenters. The fraction of sp³-hybridized carbons (Fsp3) is 0.500. The number of nitrogens with zero attached hydrogens (tertiary/aromatic N) is 3. The third-order valence-electron chi connectivity index (χ3n) is 6.31. The molecule has 4 rings (SSSR count). The van der Waals surface area contributed by atoms with Gasteiger partial charge in [0.15, 0.2) is 0 Å². The summed E-state index contributed by atoms with van der Waals surface area (Å²) < 4.78 is 8.24. The van der Waals surface area contributed by atoms with Gasteiger partial charge in [-0.15, -0.1) is 0 Å². The quantitative estimate of drug-likeness (QED) is 0.602. The summed E-state index contributed by atoms with van der Waals surface area (Å²) in [5, 5.41) is 14.7. The van der Waals surface area contributed by atoms with Gasteiger partial charge >= 0.3 is 6.03 Å². The molecule has 3 aromatic rings. The number of amides is 2. The summed E-state index contributed by atoms with van der Waals surface area (Å²) in [5.41, 5.74) is 2.66. The van der Waals surface area contributed by atoms with Gasteiger partial charge in [-0.05, 0) is 49.3 Å². The van der Waals surface area contributed by atoms with E-state index in [9.17, 15) is 9.90 Å². The largest absolute Gasteiger partial charge is 0.394 e. The third kappa shape index (κ3) is 4.12. The van der Waals surface area contributed by atoms with Crippen molar-refractivity contribution in [3.8, 4) is 0 Å². The van der Waals surface area contributed by atoms with Crippen LogP contribution >= 0.6 is 0 Å². The maximum Gasteiger partial charge on any atom is 0.321 e. The predicted octanol–water partition coefficient (Wildman–Crippen LogP) is 4.68. The molecule has 1 fully saturated rings. The van der Waals surface area contributed by atoms with Crippen LogP contribution in [0.25, 0.3) is 21.8 Å². The van der Waals surface area contributed by atoms with E-state index >= 15 is 0 Å². The summed E-state index contributed by atoms with van der Waals surface area (Å²) in [6, 6.07) is 9.99. The summed E-state index contributed by atoms with van der Waals surface area (Å²) in [6.07, 6.45) is 2.60. The number of fused-ring (bicyclic) bond motifs is 3. The van der Waals surface area contributed by atoms with Crippen molar-refractivity contribution in [2.45, 2.75) is 52.4 Å². The van der Waals surface area contributed by atoms with Crippen LogP contribution in [0.15, 0.2) is 30.3 Å². The first-order chi connectivity index (χ1) is 14.9.